The topological polar surface area (TPSA) is 43.4 Å². The molecule has 0 saturated carbocycles. The molecular weight excluding hydrogens is 248 g/mol. The van der Waals surface area contributed by atoms with Gasteiger partial charge in [0.15, 0.2) is 6.29 Å². The molecule has 1 N–H and O–H groups in total. The van der Waals surface area contributed by atoms with E-state index in [2.05, 4.69) is 16.4 Å². The number of anilines is 1. The Hall–Kier alpha value is -1.17. The SMILES string of the molecule is CCOC(CNc1ccc2ncsc2c1)OCC. The molecule has 0 saturated heterocycles. The number of thiazole rings is 1. The molecule has 0 aliphatic heterocycles. The maximum absolute atomic E-state index is 5.48. The van der Waals surface area contributed by atoms with Crippen LogP contribution in [0.4, 0.5) is 5.69 Å². The largest absolute Gasteiger partial charge is 0.380 e. The zero-order valence-corrected chi connectivity index (χ0v) is 11.5. The Morgan fingerprint density at radius 3 is 2.78 bits per heavy atom. The first-order chi connectivity index (χ1) is 8.83. The van der Waals surface area contributed by atoms with Gasteiger partial charge in [-0.05, 0) is 32.0 Å². The van der Waals surface area contributed by atoms with Crippen LogP contribution in [-0.2, 0) is 9.47 Å². The molecule has 1 aromatic carbocycles. The van der Waals surface area contributed by atoms with E-state index < -0.39 is 0 Å². The maximum Gasteiger partial charge on any atom is 0.174 e. The number of benzene rings is 1. The Kier molecular flexibility index (Phi) is 4.92. The van der Waals surface area contributed by atoms with Crippen molar-refractivity contribution in [2.45, 2.75) is 20.1 Å². The monoisotopic (exact) mass is 266 g/mol. The summed E-state index contributed by atoms with van der Waals surface area (Å²) in [6.45, 7) is 5.89. The number of nitrogens with one attached hydrogen (secondary N) is 1. The minimum atomic E-state index is -0.197. The van der Waals surface area contributed by atoms with Crippen molar-refractivity contribution in [3.05, 3.63) is 23.7 Å². The first-order valence-corrected chi connectivity index (χ1v) is 7.01. The number of hydrogen-bond donors (Lipinski definition) is 1. The molecular formula is C13H18N2O2S. The lowest BCUT2D eigenvalue weighted by Gasteiger charge is -2.18. The fourth-order valence-electron chi connectivity index (χ4n) is 1.70. The zero-order chi connectivity index (χ0) is 12.8. The highest BCUT2D eigenvalue weighted by molar-refractivity contribution is 7.16. The molecule has 0 amide bonds. The molecule has 0 atom stereocenters. The predicted octanol–water partition coefficient (Wildman–Crippen LogP) is 3.11. The van der Waals surface area contributed by atoms with Crippen molar-refractivity contribution in [2.75, 3.05) is 25.1 Å². The fourth-order valence-corrected chi connectivity index (χ4v) is 2.42. The normalized spacial score (nSPS) is 11.3. The average Bonchev–Trinajstić information content (AvgIpc) is 2.84. The van der Waals surface area contributed by atoms with Crippen molar-refractivity contribution < 1.29 is 9.47 Å². The fraction of sp³-hybridized carbons (Fsp3) is 0.462. The second kappa shape index (κ2) is 6.68. The van der Waals surface area contributed by atoms with Gasteiger partial charge in [0.25, 0.3) is 0 Å². The Morgan fingerprint density at radius 1 is 1.28 bits per heavy atom. The second-order valence-electron chi connectivity index (χ2n) is 3.76. The lowest BCUT2D eigenvalue weighted by Crippen LogP contribution is -2.26. The van der Waals surface area contributed by atoms with Gasteiger partial charge in [-0.25, -0.2) is 4.98 Å². The van der Waals surface area contributed by atoms with Gasteiger partial charge >= 0.3 is 0 Å². The standard InChI is InChI=1S/C13H18N2O2S/c1-3-16-13(17-4-2)8-14-10-5-6-11-12(7-10)18-9-15-11/h5-7,9,13-14H,3-4,8H2,1-2H3. The van der Waals surface area contributed by atoms with Crippen molar-refractivity contribution >= 4 is 27.2 Å². The predicted molar refractivity (Wildman–Crippen MR) is 75.1 cm³/mol. The van der Waals surface area contributed by atoms with Crippen molar-refractivity contribution in [3.8, 4) is 0 Å². The Morgan fingerprint density at radius 2 is 2.06 bits per heavy atom. The van der Waals surface area contributed by atoms with Gasteiger partial charge in [0.1, 0.15) is 0 Å². The first kappa shape index (κ1) is 13.3. The molecule has 5 heteroatoms. The Bertz CT molecular complexity index is 481. The van der Waals surface area contributed by atoms with E-state index in [1.165, 1.54) is 4.70 Å². The smallest absolute Gasteiger partial charge is 0.174 e. The van der Waals surface area contributed by atoms with Crippen LogP contribution in [0.1, 0.15) is 13.8 Å². The molecule has 1 heterocycles. The molecule has 4 nitrogen and oxygen atoms in total. The summed E-state index contributed by atoms with van der Waals surface area (Å²) in [5.41, 5.74) is 3.96. The van der Waals surface area contributed by atoms with Crippen LogP contribution in [0, 0.1) is 0 Å². The van der Waals surface area contributed by atoms with Crippen molar-refractivity contribution in [3.63, 3.8) is 0 Å². The summed E-state index contributed by atoms with van der Waals surface area (Å²) >= 11 is 1.64. The molecule has 0 aliphatic carbocycles. The van der Waals surface area contributed by atoms with Gasteiger partial charge in [-0.1, -0.05) is 0 Å². The summed E-state index contributed by atoms with van der Waals surface area (Å²) in [4.78, 5) is 4.26. The van der Waals surface area contributed by atoms with Crippen LogP contribution in [0.2, 0.25) is 0 Å². The summed E-state index contributed by atoms with van der Waals surface area (Å²) in [6, 6.07) is 6.14. The van der Waals surface area contributed by atoms with Gasteiger partial charge in [0.05, 0.1) is 22.3 Å². The van der Waals surface area contributed by atoms with Gasteiger partial charge in [0, 0.05) is 18.9 Å². The molecule has 2 rings (SSSR count). The second-order valence-corrected chi connectivity index (χ2v) is 4.64. The van der Waals surface area contributed by atoms with Crippen LogP contribution in [0.25, 0.3) is 10.2 Å². The van der Waals surface area contributed by atoms with Gasteiger partial charge in [-0.3, -0.25) is 0 Å². The number of aromatic nitrogens is 1. The van der Waals surface area contributed by atoms with Gasteiger partial charge in [-0.15, -0.1) is 11.3 Å². The van der Waals surface area contributed by atoms with Crippen molar-refractivity contribution in [2.24, 2.45) is 0 Å². The van der Waals surface area contributed by atoms with E-state index in [-0.39, 0.29) is 6.29 Å². The van der Waals surface area contributed by atoms with Gasteiger partial charge in [0.2, 0.25) is 0 Å². The molecule has 2 aromatic rings. The highest BCUT2D eigenvalue weighted by atomic mass is 32.1. The van der Waals surface area contributed by atoms with E-state index in [9.17, 15) is 0 Å². The third-order valence-electron chi connectivity index (χ3n) is 2.51. The van der Waals surface area contributed by atoms with Crippen LogP contribution in [-0.4, -0.2) is 31.0 Å². The maximum atomic E-state index is 5.48. The van der Waals surface area contributed by atoms with Gasteiger partial charge in [-0.2, -0.15) is 0 Å². The van der Waals surface area contributed by atoms with Crippen LogP contribution in [0.5, 0.6) is 0 Å². The van der Waals surface area contributed by atoms with Crippen LogP contribution >= 0.6 is 11.3 Å². The molecule has 98 valence electrons. The highest BCUT2D eigenvalue weighted by Crippen LogP contribution is 2.21. The number of rotatable bonds is 7. The minimum Gasteiger partial charge on any atom is -0.380 e. The number of hydrogen-bond acceptors (Lipinski definition) is 5. The van der Waals surface area contributed by atoms with Crippen LogP contribution in [0.15, 0.2) is 23.7 Å². The van der Waals surface area contributed by atoms with E-state index in [4.69, 9.17) is 9.47 Å². The molecule has 0 aliphatic rings. The molecule has 0 bridgehead atoms. The van der Waals surface area contributed by atoms with Crippen molar-refractivity contribution in [1.82, 2.24) is 4.98 Å². The third kappa shape index (κ3) is 3.41. The van der Waals surface area contributed by atoms with E-state index >= 15 is 0 Å². The molecule has 1 aromatic heterocycles. The van der Waals surface area contributed by atoms with Crippen LogP contribution < -0.4 is 5.32 Å². The third-order valence-corrected chi connectivity index (χ3v) is 3.30. The quantitative estimate of drug-likeness (QED) is 0.782. The summed E-state index contributed by atoms with van der Waals surface area (Å²) in [6.07, 6.45) is -0.197. The molecule has 0 spiro atoms. The summed E-state index contributed by atoms with van der Waals surface area (Å²) in [5, 5.41) is 3.33. The lowest BCUT2D eigenvalue weighted by molar-refractivity contribution is -0.126. The van der Waals surface area contributed by atoms with E-state index in [0.717, 1.165) is 11.2 Å². The summed E-state index contributed by atoms with van der Waals surface area (Å²) in [5.74, 6) is 0. The van der Waals surface area contributed by atoms with Gasteiger partial charge < -0.3 is 14.8 Å². The minimum absolute atomic E-state index is 0.197. The highest BCUT2D eigenvalue weighted by Gasteiger charge is 2.07. The molecule has 0 fully saturated rings. The molecule has 0 unspecified atom stereocenters. The Balaban J connectivity index is 1.95. The van der Waals surface area contributed by atoms with Crippen molar-refractivity contribution in [1.29, 1.82) is 0 Å². The summed E-state index contributed by atoms with van der Waals surface area (Å²) in [7, 11) is 0. The molecule has 0 radical (unpaired) electrons. The summed E-state index contributed by atoms with van der Waals surface area (Å²) < 4.78 is 12.1. The van der Waals surface area contributed by atoms with E-state index in [1.54, 1.807) is 11.3 Å². The molecule has 18 heavy (non-hydrogen) atoms. The van der Waals surface area contributed by atoms with E-state index in [0.29, 0.717) is 19.8 Å². The zero-order valence-electron chi connectivity index (χ0n) is 10.7. The number of ether oxygens (including phenoxy) is 2. The number of fused-ring (bicyclic) bond motifs is 1. The van der Waals surface area contributed by atoms with Crippen LogP contribution in [0.3, 0.4) is 0 Å². The average molecular weight is 266 g/mol. The lowest BCUT2D eigenvalue weighted by atomic mass is 10.3. The Labute approximate surface area is 111 Å². The first-order valence-electron chi connectivity index (χ1n) is 6.13. The number of nitrogens with zero attached hydrogens (tertiary/aromatic N) is 1. The van der Waals surface area contributed by atoms with E-state index in [1.807, 2.05) is 31.5 Å².